The molecule has 0 aromatic heterocycles. The molecule has 104 valence electrons. The summed E-state index contributed by atoms with van der Waals surface area (Å²) in [7, 11) is 0. The third-order valence-corrected chi connectivity index (χ3v) is 5.65. The van der Waals surface area contributed by atoms with Crippen LogP contribution in [0.4, 0.5) is 0 Å². The first-order valence-electron chi connectivity index (χ1n) is 7.24. The molecule has 0 aliphatic heterocycles. The van der Waals surface area contributed by atoms with Crippen LogP contribution < -0.4 is 0 Å². The summed E-state index contributed by atoms with van der Waals surface area (Å²) in [6.45, 7) is 0. The Hall–Kier alpha value is -0.240. The molecule has 1 aromatic carbocycles. The summed E-state index contributed by atoms with van der Waals surface area (Å²) in [5, 5.41) is 11.4. The van der Waals surface area contributed by atoms with Gasteiger partial charge in [0.1, 0.15) is 0 Å². The molecule has 19 heavy (non-hydrogen) atoms. The van der Waals surface area contributed by atoms with E-state index < -0.39 is 0 Å². The van der Waals surface area contributed by atoms with Gasteiger partial charge in [-0.15, -0.1) is 0 Å². The molecule has 2 fully saturated rings. The predicted molar refractivity (Wildman–Crippen MR) is 79.7 cm³/mol. The SMILES string of the molecule is OC(Cc1ccc(Cl)c(Cl)c1)CC1CC2CCC1C2. The van der Waals surface area contributed by atoms with Gasteiger partial charge in [-0.1, -0.05) is 35.7 Å². The van der Waals surface area contributed by atoms with Crippen LogP contribution in [0.2, 0.25) is 10.0 Å². The van der Waals surface area contributed by atoms with E-state index in [1.165, 1.54) is 25.7 Å². The number of fused-ring (bicyclic) bond motifs is 2. The van der Waals surface area contributed by atoms with E-state index in [9.17, 15) is 5.11 Å². The van der Waals surface area contributed by atoms with Gasteiger partial charge in [0.15, 0.2) is 0 Å². The van der Waals surface area contributed by atoms with Gasteiger partial charge in [-0.2, -0.15) is 0 Å². The number of halogens is 2. The normalized spacial score (nSPS) is 30.8. The first kappa shape index (κ1) is 13.7. The molecule has 1 aromatic rings. The van der Waals surface area contributed by atoms with Crippen molar-refractivity contribution in [1.29, 1.82) is 0 Å². The Morgan fingerprint density at radius 2 is 2.00 bits per heavy atom. The molecule has 0 spiro atoms. The van der Waals surface area contributed by atoms with Crippen molar-refractivity contribution in [2.24, 2.45) is 17.8 Å². The minimum atomic E-state index is -0.249. The molecule has 1 nitrogen and oxygen atoms in total. The largest absolute Gasteiger partial charge is 0.393 e. The summed E-state index contributed by atoms with van der Waals surface area (Å²) in [5.74, 6) is 2.58. The fourth-order valence-electron chi connectivity index (χ4n) is 4.04. The molecule has 1 N–H and O–H groups in total. The number of aliphatic hydroxyl groups is 1. The van der Waals surface area contributed by atoms with Crippen LogP contribution in [0.25, 0.3) is 0 Å². The summed E-state index contributed by atoms with van der Waals surface area (Å²) in [6.07, 6.45) is 6.93. The lowest BCUT2D eigenvalue weighted by molar-refractivity contribution is 0.124. The number of aliphatic hydroxyl groups excluding tert-OH is 1. The standard InChI is InChI=1S/C16H20Cl2O/c17-15-4-2-11(8-16(15)18)7-14(19)9-13-6-10-1-3-12(13)5-10/h2,4,8,10,12-14,19H,1,3,5-7,9H2. The summed E-state index contributed by atoms with van der Waals surface area (Å²) in [4.78, 5) is 0. The topological polar surface area (TPSA) is 20.2 Å². The van der Waals surface area contributed by atoms with Gasteiger partial charge in [-0.3, -0.25) is 0 Å². The van der Waals surface area contributed by atoms with Gasteiger partial charge in [0.2, 0.25) is 0 Å². The quantitative estimate of drug-likeness (QED) is 0.852. The fraction of sp³-hybridized carbons (Fsp3) is 0.625. The summed E-state index contributed by atoms with van der Waals surface area (Å²) >= 11 is 11.9. The molecule has 3 heteroatoms. The van der Waals surface area contributed by atoms with Crippen LogP contribution in [0.5, 0.6) is 0 Å². The third-order valence-electron chi connectivity index (χ3n) is 4.91. The second-order valence-electron chi connectivity index (χ2n) is 6.28. The van der Waals surface area contributed by atoms with Gasteiger partial charge in [-0.25, -0.2) is 0 Å². The van der Waals surface area contributed by atoms with E-state index >= 15 is 0 Å². The Morgan fingerprint density at radius 1 is 1.16 bits per heavy atom. The molecule has 0 amide bonds. The highest BCUT2D eigenvalue weighted by Gasteiger charge is 2.39. The van der Waals surface area contributed by atoms with E-state index in [1.54, 1.807) is 0 Å². The van der Waals surface area contributed by atoms with Crippen LogP contribution in [-0.2, 0) is 6.42 Å². The minimum absolute atomic E-state index is 0.249. The number of rotatable bonds is 4. The zero-order chi connectivity index (χ0) is 13.4. The molecule has 2 bridgehead atoms. The van der Waals surface area contributed by atoms with Crippen LogP contribution >= 0.6 is 23.2 Å². The molecule has 2 saturated carbocycles. The molecular formula is C16H20Cl2O. The van der Waals surface area contributed by atoms with Crippen molar-refractivity contribution in [3.8, 4) is 0 Å². The number of benzene rings is 1. The van der Waals surface area contributed by atoms with Crippen LogP contribution in [0, 0.1) is 17.8 Å². The smallest absolute Gasteiger partial charge is 0.0595 e. The van der Waals surface area contributed by atoms with Gasteiger partial charge in [0, 0.05) is 0 Å². The molecule has 2 aliphatic rings. The van der Waals surface area contributed by atoms with Crippen molar-refractivity contribution in [3.63, 3.8) is 0 Å². The Bertz CT molecular complexity index is 460. The second kappa shape index (κ2) is 5.63. The zero-order valence-electron chi connectivity index (χ0n) is 11.0. The van der Waals surface area contributed by atoms with Crippen LogP contribution in [0.3, 0.4) is 0 Å². The molecule has 0 heterocycles. The van der Waals surface area contributed by atoms with Gasteiger partial charge < -0.3 is 5.11 Å². The summed E-state index contributed by atoms with van der Waals surface area (Å²) in [5.41, 5.74) is 1.07. The van der Waals surface area contributed by atoms with Crippen molar-refractivity contribution >= 4 is 23.2 Å². The van der Waals surface area contributed by atoms with Crippen molar-refractivity contribution in [2.75, 3.05) is 0 Å². The van der Waals surface area contributed by atoms with E-state index in [0.717, 1.165) is 29.7 Å². The summed E-state index contributed by atoms with van der Waals surface area (Å²) in [6, 6.07) is 5.63. The molecule has 0 radical (unpaired) electrons. The molecular weight excluding hydrogens is 279 g/mol. The monoisotopic (exact) mass is 298 g/mol. The van der Waals surface area contributed by atoms with Crippen LogP contribution in [0.15, 0.2) is 18.2 Å². The van der Waals surface area contributed by atoms with Crippen molar-refractivity contribution < 1.29 is 5.11 Å². The average Bonchev–Trinajstić information content (AvgIpc) is 2.96. The van der Waals surface area contributed by atoms with E-state index in [-0.39, 0.29) is 6.10 Å². The lowest BCUT2D eigenvalue weighted by Gasteiger charge is -2.24. The fourth-order valence-corrected chi connectivity index (χ4v) is 4.36. The second-order valence-corrected chi connectivity index (χ2v) is 7.09. The van der Waals surface area contributed by atoms with Gasteiger partial charge in [0.25, 0.3) is 0 Å². The highest BCUT2D eigenvalue weighted by atomic mass is 35.5. The van der Waals surface area contributed by atoms with E-state index in [0.29, 0.717) is 16.5 Å². The maximum absolute atomic E-state index is 10.3. The molecule has 2 aliphatic carbocycles. The number of hydrogen-bond acceptors (Lipinski definition) is 1. The Labute approximate surface area is 124 Å². The first-order chi connectivity index (χ1) is 9.11. The number of hydrogen-bond donors (Lipinski definition) is 1. The van der Waals surface area contributed by atoms with E-state index in [1.807, 2.05) is 18.2 Å². The predicted octanol–water partition coefficient (Wildman–Crippen LogP) is 4.72. The zero-order valence-corrected chi connectivity index (χ0v) is 12.5. The van der Waals surface area contributed by atoms with Gasteiger partial charge in [-0.05, 0) is 67.6 Å². The van der Waals surface area contributed by atoms with Crippen molar-refractivity contribution in [1.82, 2.24) is 0 Å². The third kappa shape index (κ3) is 3.09. The summed E-state index contributed by atoms with van der Waals surface area (Å²) < 4.78 is 0. The molecule has 4 unspecified atom stereocenters. The van der Waals surface area contributed by atoms with Crippen LogP contribution in [0.1, 0.15) is 37.7 Å². The molecule has 4 atom stereocenters. The first-order valence-corrected chi connectivity index (χ1v) is 7.99. The average molecular weight is 299 g/mol. The van der Waals surface area contributed by atoms with Gasteiger partial charge >= 0.3 is 0 Å². The van der Waals surface area contributed by atoms with Crippen LogP contribution in [-0.4, -0.2) is 11.2 Å². The highest BCUT2D eigenvalue weighted by Crippen LogP contribution is 2.50. The maximum Gasteiger partial charge on any atom is 0.0595 e. The highest BCUT2D eigenvalue weighted by molar-refractivity contribution is 6.42. The van der Waals surface area contributed by atoms with E-state index in [2.05, 4.69) is 0 Å². The van der Waals surface area contributed by atoms with Gasteiger partial charge in [0.05, 0.1) is 16.1 Å². The Kier molecular flexibility index (Phi) is 4.07. The Morgan fingerprint density at radius 3 is 2.63 bits per heavy atom. The van der Waals surface area contributed by atoms with Crippen molar-refractivity contribution in [3.05, 3.63) is 33.8 Å². The Balaban J connectivity index is 1.56. The molecule has 3 rings (SSSR count). The minimum Gasteiger partial charge on any atom is -0.393 e. The van der Waals surface area contributed by atoms with E-state index in [4.69, 9.17) is 23.2 Å². The molecule has 0 saturated heterocycles. The maximum atomic E-state index is 10.3. The van der Waals surface area contributed by atoms with Crippen molar-refractivity contribution in [2.45, 2.75) is 44.6 Å². The lowest BCUT2D eigenvalue weighted by atomic mass is 9.84. The lowest BCUT2D eigenvalue weighted by Crippen LogP contribution is -2.20.